The van der Waals surface area contributed by atoms with Gasteiger partial charge in [0.05, 0.1) is 28.7 Å². The molecule has 0 saturated carbocycles. The first-order valence-electron chi connectivity index (χ1n) is 7.20. The molecule has 2 rings (SSSR count). The number of ether oxygens (including phenoxy) is 1. The highest BCUT2D eigenvalue weighted by Gasteiger charge is 2.24. The number of nitro benzene ring substituents is 1. The summed E-state index contributed by atoms with van der Waals surface area (Å²) in [7, 11) is 3.22. The molecular weight excluding hydrogens is 332 g/mol. The van der Waals surface area contributed by atoms with Crippen molar-refractivity contribution in [3.05, 3.63) is 68.7 Å². The van der Waals surface area contributed by atoms with Gasteiger partial charge in [0.1, 0.15) is 5.75 Å². The van der Waals surface area contributed by atoms with E-state index in [1.165, 1.54) is 23.1 Å². The molecule has 0 aromatic heterocycles. The van der Waals surface area contributed by atoms with Crippen molar-refractivity contribution < 1.29 is 14.5 Å². The highest BCUT2D eigenvalue weighted by Crippen LogP contribution is 2.30. The lowest BCUT2D eigenvalue weighted by molar-refractivity contribution is -0.384. The molecule has 0 aliphatic heterocycles. The number of nitrogens with zero attached hydrogens (tertiary/aromatic N) is 2. The fourth-order valence-electron chi connectivity index (χ4n) is 2.38. The van der Waals surface area contributed by atoms with E-state index < -0.39 is 4.92 Å². The van der Waals surface area contributed by atoms with E-state index in [9.17, 15) is 14.9 Å². The largest absolute Gasteiger partial charge is 0.496 e. The predicted molar refractivity (Wildman–Crippen MR) is 91.6 cm³/mol. The Balaban J connectivity index is 2.30. The summed E-state index contributed by atoms with van der Waals surface area (Å²) in [5.74, 6) is 0.354. The molecule has 126 valence electrons. The van der Waals surface area contributed by atoms with E-state index in [0.717, 1.165) is 5.56 Å². The average molecular weight is 349 g/mol. The SMILES string of the molecule is COc1ccccc1C(C)N(C)C(=O)c1ccc([N+](=O)[O-])cc1Cl. The first kappa shape index (κ1) is 17.7. The molecule has 0 N–H and O–H groups in total. The van der Waals surface area contributed by atoms with Gasteiger partial charge < -0.3 is 9.64 Å². The number of carbonyl (C=O) groups excluding carboxylic acids is 1. The van der Waals surface area contributed by atoms with Crippen LogP contribution in [0.25, 0.3) is 0 Å². The van der Waals surface area contributed by atoms with Gasteiger partial charge in [-0.2, -0.15) is 0 Å². The molecule has 1 atom stereocenters. The molecule has 2 aromatic carbocycles. The lowest BCUT2D eigenvalue weighted by Crippen LogP contribution is -2.30. The molecule has 0 aliphatic rings. The molecule has 24 heavy (non-hydrogen) atoms. The van der Waals surface area contributed by atoms with E-state index in [2.05, 4.69) is 0 Å². The van der Waals surface area contributed by atoms with Crippen molar-refractivity contribution in [3.8, 4) is 5.75 Å². The highest BCUT2D eigenvalue weighted by atomic mass is 35.5. The maximum atomic E-state index is 12.7. The third-order valence-corrected chi connectivity index (χ3v) is 4.20. The molecule has 0 radical (unpaired) electrons. The van der Waals surface area contributed by atoms with Crippen LogP contribution in [0.3, 0.4) is 0 Å². The van der Waals surface area contributed by atoms with Crippen LogP contribution in [-0.4, -0.2) is 29.9 Å². The Morgan fingerprint density at radius 2 is 1.96 bits per heavy atom. The van der Waals surface area contributed by atoms with E-state index in [4.69, 9.17) is 16.3 Å². The third kappa shape index (κ3) is 3.49. The van der Waals surface area contributed by atoms with E-state index in [1.807, 2.05) is 31.2 Å². The number of non-ortho nitro benzene ring substituents is 1. The maximum Gasteiger partial charge on any atom is 0.270 e. The van der Waals surface area contributed by atoms with Crippen LogP contribution in [0.1, 0.15) is 28.9 Å². The fraction of sp³-hybridized carbons (Fsp3) is 0.235. The van der Waals surface area contributed by atoms with Crippen LogP contribution in [0.15, 0.2) is 42.5 Å². The molecule has 0 bridgehead atoms. The molecule has 1 unspecified atom stereocenters. The topological polar surface area (TPSA) is 72.7 Å². The number of rotatable bonds is 5. The Kier molecular flexibility index (Phi) is 5.41. The van der Waals surface area contributed by atoms with Gasteiger partial charge in [0.25, 0.3) is 11.6 Å². The summed E-state index contributed by atoms with van der Waals surface area (Å²) < 4.78 is 5.33. The molecule has 0 fully saturated rings. The van der Waals surface area contributed by atoms with Crippen molar-refractivity contribution >= 4 is 23.2 Å². The minimum atomic E-state index is -0.554. The first-order valence-corrected chi connectivity index (χ1v) is 7.58. The number of hydrogen-bond acceptors (Lipinski definition) is 4. The molecule has 1 amide bonds. The maximum absolute atomic E-state index is 12.7. The summed E-state index contributed by atoms with van der Waals surface area (Å²) in [4.78, 5) is 24.4. The van der Waals surface area contributed by atoms with E-state index in [-0.39, 0.29) is 28.2 Å². The van der Waals surface area contributed by atoms with Crippen molar-refractivity contribution in [2.45, 2.75) is 13.0 Å². The van der Waals surface area contributed by atoms with Crippen LogP contribution in [-0.2, 0) is 0 Å². The van der Waals surface area contributed by atoms with Crippen molar-refractivity contribution in [2.75, 3.05) is 14.2 Å². The monoisotopic (exact) mass is 348 g/mol. The first-order chi connectivity index (χ1) is 11.4. The summed E-state index contributed by atoms with van der Waals surface area (Å²) in [5.41, 5.74) is 0.914. The van der Waals surface area contributed by atoms with E-state index >= 15 is 0 Å². The van der Waals surface area contributed by atoms with Crippen LogP contribution in [0.5, 0.6) is 5.75 Å². The van der Waals surface area contributed by atoms with Crippen LogP contribution < -0.4 is 4.74 Å². The van der Waals surface area contributed by atoms with Gasteiger partial charge >= 0.3 is 0 Å². The van der Waals surface area contributed by atoms with E-state index in [1.54, 1.807) is 14.2 Å². The highest BCUT2D eigenvalue weighted by molar-refractivity contribution is 6.34. The minimum Gasteiger partial charge on any atom is -0.496 e. The zero-order chi connectivity index (χ0) is 17.9. The smallest absolute Gasteiger partial charge is 0.270 e. The van der Waals surface area contributed by atoms with Gasteiger partial charge in [0.2, 0.25) is 0 Å². The summed E-state index contributed by atoms with van der Waals surface area (Å²) in [6.07, 6.45) is 0. The Bertz CT molecular complexity index is 779. The quantitative estimate of drug-likeness (QED) is 0.602. The Labute approximate surface area is 144 Å². The second kappa shape index (κ2) is 7.31. The summed E-state index contributed by atoms with van der Waals surface area (Å²) in [6.45, 7) is 1.87. The average Bonchev–Trinajstić information content (AvgIpc) is 2.59. The third-order valence-electron chi connectivity index (χ3n) is 3.88. The van der Waals surface area contributed by atoms with Gasteiger partial charge in [0, 0.05) is 24.7 Å². The van der Waals surface area contributed by atoms with Crippen molar-refractivity contribution in [3.63, 3.8) is 0 Å². The van der Waals surface area contributed by atoms with Gasteiger partial charge in [0.15, 0.2) is 0 Å². The number of nitro groups is 1. The molecule has 0 spiro atoms. The fourth-order valence-corrected chi connectivity index (χ4v) is 2.63. The lowest BCUT2D eigenvalue weighted by atomic mass is 10.0. The number of carbonyl (C=O) groups is 1. The molecule has 0 saturated heterocycles. The van der Waals surface area contributed by atoms with Crippen molar-refractivity contribution in [1.29, 1.82) is 0 Å². The Morgan fingerprint density at radius 1 is 1.29 bits per heavy atom. The number of amides is 1. The number of hydrogen-bond donors (Lipinski definition) is 0. The van der Waals surface area contributed by atoms with Crippen molar-refractivity contribution in [2.24, 2.45) is 0 Å². The second-order valence-corrected chi connectivity index (χ2v) is 5.66. The van der Waals surface area contributed by atoms with Gasteiger partial charge in [-0.15, -0.1) is 0 Å². The molecular formula is C17H17ClN2O4. The predicted octanol–water partition coefficient (Wildman–Crippen LogP) is 4.09. The normalized spacial score (nSPS) is 11.7. The molecule has 0 heterocycles. The van der Waals surface area contributed by atoms with Crippen molar-refractivity contribution in [1.82, 2.24) is 4.90 Å². The summed E-state index contributed by atoms with van der Waals surface area (Å²) in [5, 5.41) is 10.8. The number of halogens is 1. The molecule has 0 aliphatic carbocycles. The minimum absolute atomic E-state index is 0.0493. The van der Waals surface area contributed by atoms with Crippen LogP contribution in [0.4, 0.5) is 5.69 Å². The van der Waals surface area contributed by atoms with Gasteiger partial charge in [-0.05, 0) is 19.1 Å². The number of benzene rings is 2. The zero-order valence-electron chi connectivity index (χ0n) is 13.5. The van der Waals surface area contributed by atoms with Gasteiger partial charge in [-0.1, -0.05) is 29.8 Å². The molecule has 7 heteroatoms. The summed E-state index contributed by atoms with van der Waals surface area (Å²) >= 11 is 6.05. The Morgan fingerprint density at radius 3 is 2.54 bits per heavy atom. The van der Waals surface area contributed by atoms with Gasteiger partial charge in [-0.3, -0.25) is 14.9 Å². The van der Waals surface area contributed by atoms with Crippen LogP contribution >= 0.6 is 11.6 Å². The second-order valence-electron chi connectivity index (χ2n) is 5.26. The molecule has 2 aromatic rings. The van der Waals surface area contributed by atoms with Gasteiger partial charge in [-0.25, -0.2) is 0 Å². The lowest BCUT2D eigenvalue weighted by Gasteiger charge is -2.27. The number of methoxy groups -OCH3 is 1. The standard InChI is InChI=1S/C17H17ClN2O4/c1-11(13-6-4-5-7-16(13)24-3)19(2)17(21)14-9-8-12(20(22)23)10-15(14)18/h4-11H,1-3H3. The Hall–Kier alpha value is -2.60. The van der Waals surface area contributed by atoms with Crippen LogP contribution in [0.2, 0.25) is 5.02 Å². The number of para-hydroxylation sites is 1. The summed E-state index contributed by atoms with van der Waals surface area (Å²) in [6, 6.07) is 11.0. The molecule has 6 nitrogen and oxygen atoms in total. The van der Waals surface area contributed by atoms with E-state index in [0.29, 0.717) is 5.75 Å². The zero-order valence-corrected chi connectivity index (χ0v) is 14.3. The van der Waals surface area contributed by atoms with Crippen LogP contribution in [0, 0.1) is 10.1 Å².